The van der Waals surface area contributed by atoms with Crippen LogP contribution < -0.4 is 22.1 Å². The predicted molar refractivity (Wildman–Crippen MR) is 60.6 cm³/mol. The van der Waals surface area contributed by atoms with Crippen LogP contribution in [-0.2, 0) is 11.4 Å². The van der Waals surface area contributed by atoms with Gasteiger partial charge in [0.05, 0.1) is 6.61 Å². The van der Waals surface area contributed by atoms with E-state index in [4.69, 9.17) is 10.6 Å². The Morgan fingerprint density at radius 1 is 1.19 bits per heavy atom. The fourth-order valence-electron chi connectivity index (χ4n) is 1.20. The van der Waals surface area contributed by atoms with Gasteiger partial charge >= 0.3 is 0 Å². The van der Waals surface area contributed by atoms with Crippen molar-refractivity contribution in [1.82, 2.24) is 0 Å². The van der Waals surface area contributed by atoms with Crippen LogP contribution in [0, 0.1) is 0 Å². The average molecular weight is 218 g/mol. The lowest BCUT2D eigenvalue weighted by Crippen LogP contribution is -2.32. The molecule has 2 aromatic rings. The van der Waals surface area contributed by atoms with Crippen molar-refractivity contribution < 1.29 is 4.84 Å². The monoisotopic (exact) mass is 218 g/mol. The van der Waals surface area contributed by atoms with Crippen LogP contribution in [0.1, 0.15) is 5.56 Å². The second-order valence-electron chi connectivity index (χ2n) is 3.38. The summed E-state index contributed by atoms with van der Waals surface area (Å²) < 4.78 is 0. The number of nitrogen functional groups attached to an aromatic ring is 1. The van der Waals surface area contributed by atoms with Gasteiger partial charge in [-0.1, -0.05) is 12.1 Å². The molecule has 0 aliphatic rings. The molecule has 0 aliphatic heterocycles. The van der Waals surface area contributed by atoms with E-state index in [1.807, 2.05) is 12.1 Å². The van der Waals surface area contributed by atoms with Crippen molar-refractivity contribution in [3.8, 4) is 0 Å². The molecular formula is C11H10N2O3. The highest BCUT2D eigenvalue weighted by Gasteiger charge is 2.08. The number of hydrogen-bond acceptors (Lipinski definition) is 5. The van der Waals surface area contributed by atoms with Gasteiger partial charge in [-0.05, 0) is 17.7 Å². The molecule has 0 radical (unpaired) electrons. The summed E-state index contributed by atoms with van der Waals surface area (Å²) in [5.74, 6) is 0. The molecule has 5 nitrogen and oxygen atoms in total. The second-order valence-corrected chi connectivity index (χ2v) is 3.38. The van der Waals surface area contributed by atoms with Crippen LogP contribution in [0.2, 0.25) is 0 Å². The Morgan fingerprint density at radius 2 is 1.88 bits per heavy atom. The maximum absolute atomic E-state index is 10.9. The quantitative estimate of drug-likeness (QED) is 0.441. The van der Waals surface area contributed by atoms with Crippen LogP contribution in [0.15, 0.2) is 39.9 Å². The normalized spacial score (nSPS) is 10.5. The van der Waals surface area contributed by atoms with Crippen molar-refractivity contribution >= 4 is 11.4 Å². The smallest absolute Gasteiger partial charge is 0.251 e. The first-order valence-electron chi connectivity index (χ1n) is 4.69. The summed E-state index contributed by atoms with van der Waals surface area (Å²) in [6.45, 7) is 0.291. The Morgan fingerprint density at radius 3 is 2.44 bits per heavy atom. The molecule has 0 amide bonds. The van der Waals surface area contributed by atoms with Gasteiger partial charge in [0.15, 0.2) is 0 Å². The number of nitrogens with two attached hydrogens (primary N) is 1. The minimum absolute atomic E-state index is 0.195. The van der Waals surface area contributed by atoms with E-state index < -0.39 is 10.9 Å². The first kappa shape index (κ1) is 10.4. The lowest BCUT2D eigenvalue weighted by Gasteiger charge is -2.07. The zero-order chi connectivity index (χ0) is 11.5. The van der Waals surface area contributed by atoms with E-state index >= 15 is 0 Å². The number of rotatable bonds is 4. The lowest BCUT2D eigenvalue weighted by molar-refractivity contribution is 0.179. The lowest BCUT2D eigenvalue weighted by atomic mass is 10.2. The molecule has 0 heterocycles. The zero-order valence-corrected chi connectivity index (χ0v) is 8.40. The SMILES string of the molecule is Nc1ccc(CONc2cc(=O)c2=O)cc1. The summed E-state index contributed by atoms with van der Waals surface area (Å²) in [6.07, 6.45) is 0. The van der Waals surface area contributed by atoms with Crippen molar-refractivity contribution in [3.05, 3.63) is 56.3 Å². The summed E-state index contributed by atoms with van der Waals surface area (Å²) in [5, 5.41) is 0. The van der Waals surface area contributed by atoms with Crippen LogP contribution in [0.25, 0.3) is 0 Å². The van der Waals surface area contributed by atoms with E-state index in [2.05, 4.69) is 5.48 Å². The largest absolute Gasteiger partial charge is 0.399 e. The van der Waals surface area contributed by atoms with Gasteiger partial charge in [0.1, 0.15) is 5.69 Å². The molecule has 82 valence electrons. The topological polar surface area (TPSA) is 81.4 Å². The van der Waals surface area contributed by atoms with Gasteiger partial charge < -0.3 is 5.73 Å². The van der Waals surface area contributed by atoms with Crippen molar-refractivity contribution in [3.63, 3.8) is 0 Å². The Kier molecular flexibility index (Phi) is 2.70. The highest BCUT2D eigenvalue weighted by atomic mass is 16.6. The van der Waals surface area contributed by atoms with Crippen molar-refractivity contribution in [2.24, 2.45) is 0 Å². The van der Waals surface area contributed by atoms with E-state index in [0.717, 1.165) is 5.56 Å². The molecule has 0 saturated carbocycles. The molecule has 0 bridgehead atoms. The summed E-state index contributed by atoms with van der Waals surface area (Å²) >= 11 is 0. The zero-order valence-electron chi connectivity index (χ0n) is 8.40. The van der Waals surface area contributed by atoms with E-state index in [0.29, 0.717) is 12.3 Å². The van der Waals surface area contributed by atoms with Crippen LogP contribution in [-0.4, -0.2) is 0 Å². The van der Waals surface area contributed by atoms with Crippen molar-refractivity contribution in [2.75, 3.05) is 11.2 Å². The van der Waals surface area contributed by atoms with Crippen LogP contribution in [0.5, 0.6) is 0 Å². The number of anilines is 2. The molecule has 0 spiro atoms. The van der Waals surface area contributed by atoms with Crippen molar-refractivity contribution in [1.29, 1.82) is 0 Å². The standard InChI is InChI=1S/C11H10N2O3/c12-8-3-1-7(2-4-8)6-16-13-9-5-10(14)11(9)15/h1-5,13H,6,12H2. The third-order valence-corrected chi connectivity index (χ3v) is 2.14. The van der Waals surface area contributed by atoms with Crippen LogP contribution >= 0.6 is 0 Å². The summed E-state index contributed by atoms with van der Waals surface area (Å²) in [5.41, 5.74) is 8.69. The molecule has 2 rings (SSSR count). The average Bonchev–Trinajstić information content (AvgIpc) is 2.30. The van der Waals surface area contributed by atoms with E-state index in [9.17, 15) is 9.59 Å². The number of benzene rings is 1. The van der Waals surface area contributed by atoms with Gasteiger partial charge in [-0.15, -0.1) is 0 Å². The maximum atomic E-state index is 10.9. The highest BCUT2D eigenvalue weighted by Crippen LogP contribution is 2.07. The van der Waals surface area contributed by atoms with E-state index in [1.54, 1.807) is 12.1 Å². The summed E-state index contributed by atoms with van der Waals surface area (Å²) in [6, 6.07) is 8.36. The molecular weight excluding hydrogens is 208 g/mol. The van der Waals surface area contributed by atoms with Gasteiger partial charge in [-0.2, -0.15) is 0 Å². The van der Waals surface area contributed by atoms with Gasteiger partial charge in [0, 0.05) is 11.8 Å². The Labute approximate surface area is 91.1 Å². The van der Waals surface area contributed by atoms with E-state index in [1.165, 1.54) is 6.07 Å². The first-order chi connectivity index (χ1) is 7.66. The molecule has 5 heteroatoms. The number of nitrogens with one attached hydrogen (secondary N) is 1. The van der Waals surface area contributed by atoms with Gasteiger partial charge in [0.25, 0.3) is 5.43 Å². The minimum Gasteiger partial charge on any atom is -0.399 e. The minimum atomic E-state index is -0.544. The Balaban J connectivity index is 1.85. The summed E-state index contributed by atoms with van der Waals surface area (Å²) in [4.78, 5) is 26.5. The van der Waals surface area contributed by atoms with Crippen LogP contribution in [0.3, 0.4) is 0 Å². The predicted octanol–water partition coefficient (Wildman–Crippen LogP) is 0.408. The Bertz CT molecular complexity index is 553. The molecule has 0 saturated heterocycles. The van der Waals surface area contributed by atoms with E-state index in [-0.39, 0.29) is 5.69 Å². The Hall–Kier alpha value is -2.14. The van der Waals surface area contributed by atoms with Crippen LogP contribution in [0.4, 0.5) is 11.4 Å². The third kappa shape index (κ3) is 2.09. The molecule has 16 heavy (non-hydrogen) atoms. The second kappa shape index (κ2) is 4.16. The molecule has 3 N–H and O–H groups in total. The fourth-order valence-corrected chi connectivity index (χ4v) is 1.20. The van der Waals surface area contributed by atoms with Crippen molar-refractivity contribution in [2.45, 2.75) is 6.61 Å². The fraction of sp³-hybridized carbons (Fsp3) is 0.0909. The molecule has 0 aromatic heterocycles. The molecule has 0 aliphatic carbocycles. The first-order valence-corrected chi connectivity index (χ1v) is 4.69. The number of hydrogen-bond donors (Lipinski definition) is 2. The van der Waals surface area contributed by atoms with Gasteiger partial charge in [-0.3, -0.25) is 19.9 Å². The molecule has 0 unspecified atom stereocenters. The van der Waals surface area contributed by atoms with Gasteiger partial charge in [0.2, 0.25) is 5.43 Å². The maximum Gasteiger partial charge on any atom is 0.251 e. The molecule has 2 aromatic carbocycles. The highest BCUT2D eigenvalue weighted by molar-refractivity contribution is 5.45. The summed E-state index contributed by atoms with van der Waals surface area (Å²) in [7, 11) is 0. The van der Waals surface area contributed by atoms with Gasteiger partial charge in [-0.25, -0.2) is 0 Å². The molecule has 0 fully saturated rings. The molecule has 0 atom stereocenters. The third-order valence-electron chi connectivity index (χ3n) is 2.14.